The van der Waals surface area contributed by atoms with Crippen LogP contribution >= 0.6 is 11.6 Å². The smallest absolute Gasteiger partial charge is 0.282 e. The van der Waals surface area contributed by atoms with Crippen LogP contribution < -0.4 is 10.5 Å². The largest absolute Gasteiger partial charge is 0.397 e. The first-order valence-corrected chi connectivity index (χ1v) is 6.95. The molecule has 0 radical (unpaired) electrons. The van der Waals surface area contributed by atoms with Crippen molar-refractivity contribution in [3.8, 4) is 0 Å². The summed E-state index contributed by atoms with van der Waals surface area (Å²) in [7, 11) is -4.19. The van der Waals surface area contributed by atoms with Gasteiger partial charge < -0.3 is 5.73 Å². The van der Waals surface area contributed by atoms with Gasteiger partial charge in [-0.15, -0.1) is 0 Å². The summed E-state index contributed by atoms with van der Waals surface area (Å²) in [6.07, 6.45) is 1.17. The normalized spacial score (nSPS) is 11.3. The summed E-state index contributed by atoms with van der Waals surface area (Å²) in [6, 6.07) is 6.79. The third-order valence-corrected chi connectivity index (χ3v) is 3.86. The van der Waals surface area contributed by atoms with E-state index in [0.717, 1.165) is 6.07 Å². The van der Waals surface area contributed by atoms with Gasteiger partial charge in [-0.25, -0.2) is 9.37 Å². The number of aromatic nitrogens is 1. The quantitative estimate of drug-likeness (QED) is 0.852. The third-order valence-electron chi connectivity index (χ3n) is 2.26. The Morgan fingerprint density at radius 2 is 2.00 bits per heavy atom. The van der Waals surface area contributed by atoms with Gasteiger partial charge in [0.2, 0.25) is 5.03 Å². The van der Waals surface area contributed by atoms with Crippen LogP contribution in [0.15, 0.2) is 41.6 Å². The van der Waals surface area contributed by atoms with Crippen molar-refractivity contribution in [1.82, 2.24) is 4.98 Å². The molecule has 0 unspecified atom stereocenters. The van der Waals surface area contributed by atoms with E-state index in [1.807, 2.05) is 0 Å². The molecular formula is C11H9ClFN3O2S. The van der Waals surface area contributed by atoms with E-state index in [4.69, 9.17) is 17.3 Å². The SMILES string of the molecule is Nc1cccc(Cl)c1NS(=O)(=O)c1ncccc1F. The van der Waals surface area contributed by atoms with E-state index >= 15 is 0 Å². The topological polar surface area (TPSA) is 85.1 Å². The van der Waals surface area contributed by atoms with Crippen molar-refractivity contribution in [2.24, 2.45) is 0 Å². The molecule has 0 bridgehead atoms. The molecule has 0 atom stereocenters. The predicted octanol–water partition coefficient (Wildman–Crippen LogP) is 2.26. The molecule has 0 fully saturated rings. The van der Waals surface area contributed by atoms with Gasteiger partial charge in [0.15, 0.2) is 5.82 Å². The minimum atomic E-state index is -4.19. The Bertz CT molecular complexity index is 701. The molecule has 0 aliphatic carbocycles. The fourth-order valence-electron chi connectivity index (χ4n) is 1.40. The molecule has 100 valence electrons. The van der Waals surface area contributed by atoms with Crippen LogP contribution in [0.3, 0.4) is 0 Å². The molecule has 0 aliphatic heterocycles. The van der Waals surface area contributed by atoms with E-state index in [0.29, 0.717) is 0 Å². The lowest BCUT2D eigenvalue weighted by Gasteiger charge is -2.11. The van der Waals surface area contributed by atoms with E-state index in [1.54, 1.807) is 6.07 Å². The number of nitrogens with one attached hydrogen (secondary N) is 1. The van der Waals surface area contributed by atoms with Crippen molar-refractivity contribution in [1.29, 1.82) is 0 Å². The summed E-state index contributed by atoms with van der Waals surface area (Å²) in [5.74, 6) is -0.958. The van der Waals surface area contributed by atoms with Crippen LogP contribution in [0.1, 0.15) is 0 Å². The molecule has 0 saturated heterocycles. The van der Waals surface area contributed by atoms with Crippen molar-refractivity contribution in [2.45, 2.75) is 5.03 Å². The maximum atomic E-state index is 13.4. The lowest BCUT2D eigenvalue weighted by atomic mass is 10.3. The highest BCUT2D eigenvalue weighted by Gasteiger charge is 2.22. The van der Waals surface area contributed by atoms with Gasteiger partial charge in [-0.05, 0) is 24.3 Å². The first kappa shape index (κ1) is 13.6. The molecular weight excluding hydrogens is 293 g/mol. The number of para-hydroxylation sites is 1. The Morgan fingerprint density at radius 1 is 1.26 bits per heavy atom. The number of nitrogen functional groups attached to an aromatic ring is 1. The maximum Gasteiger partial charge on any atom is 0.282 e. The van der Waals surface area contributed by atoms with Gasteiger partial charge in [-0.1, -0.05) is 17.7 Å². The molecule has 2 rings (SSSR count). The third kappa shape index (κ3) is 2.77. The van der Waals surface area contributed by atoms with E-state index < -0.39 is 20.9 Å². The van der Waals surface area contributed by atoms with E-state index in [9.17, 15) is 12.8 Å². The Hall–Kier alpha value is -1.86. The lowest BCUT2D eigenvalue weighted by molar-refractivity contribution is 0.557. The monoisotopic (exact) mass is 301 g/mol. The maximum absolute atomic E-state index is 13.4. The summed E-state index contributed by atoms with van der Waals surface area (Å²) in [5, 5.41) is -0.603. The molecule has 1 aromatic heterocycles. The van der Waals surface area contributed by atoms with Gasteiger partial charge >= 0.3 is 0 Å². The van der Waals surface area contributed by atoms with E-state index in [-0.39, 0.29) is 16.4 Å². The van der Waals surface area contributed by atoms with Crippen LogP contribution in [0.5, 0.6) is 0 Å². The summed E-state index contributed by atoms with van der Waals surface area (Å²) in [6.45, 7) is 0. The average molecular weight is 302 g/mol. The molecule has 19 heavy (non-hydrogen) atoms. The summed E-state index contributed by atoms with van der Waals surface area (Å²) in [4.78, 5) is 3.50. The number of anilines is 2. The van der Waals surface area contributed by atoms with Crippen LogP contribution in [0.25, 0.3) is 0 Å². The van der Waals surface area contributed by atoms with Gasteiger partial charge in [-0.3, -0.25) is 4.72 Å². The number of pyridine rings is 1. The molecule has 1 aromatic carbocycles. The molecule has 0 aliphatic rings. The molecule has 5 nitrogen and oxygen atoms in total. The van der Waals surface area contributed by atoms with E-state index in [1.165, 1.54) is 24.4 Å². The highest BCUT2D eigenvalue weighted by atomic mass is 35.5. The molecule has 0 spiro atoms. The minimum absolute atomic E-state index is 0.00535. The number of sulfonamides is 1. The Kier molecular flexibility index (Phi) is 3.59. The molecule has 0 saturated carbocycles. The minimum Gasteiger partial charge on any atom is -0.397 e. The average Bonchev–Trinajstić information content (AvgIpc) is 2.34. The van der Waals surface area contributed by atoms with Crippen LogP contribution in [-0.4, -0.2) is 13.4 Å². The van der Waals surface area contributed by atoms with Gasteiger partial charge in [0, 0.05) is 6.20 Å². The zero-order valence-electron chi connectivity index (χ0n) is 9.47. The first-order chi connectivity index (χ1) is 8.92. The van der Waals surface area contributed by atoms with Crippen LogP contribution in [0.4, 0.5) is 15.8 Å². The van der Waals surface area contributed by atoms with Crippen molar-refractivity contribution in [2.75, 3.05) is 10.5 Å². The highest BCUT2D eigenvalue weighted by Crippen LogP contribution is 2.30. The van der Waals surface area contributed by atoms with Crippen molar-refractivity contribution in [3.05, 3.63) is 47.4 Å². The molecule has 2 aromatic rings. The van der Waals surface area contributed by atoms with Gasteiger partial charge in [0.05, 0.1) is 16.4 Å². The van der Waals surface area contributed by atoms with Crippen LogP contribution in [0.2, 0.25) is 5.02 Å². The number of nitrogens with zero attached hydrogens (tertiary/aromatic N) is 1. The van der Waals surface area contributed by atoms with Gasteiger partial charge in [-0.2, -0.15) is 8.42 Å². The van der Waals surface area contributed by atoms with Gasteiger partial charge in [0.25, 0.3) is 10.0 Å². The fraction of sp³-hybridized carbons (Fsp3) is 0. The standard InChI is InChI=1S/C11H9ClFN3O2S/c12-7-3-1-5-9(14)10(7)16-19(17,18)11-8(13)4-2-6-15-11/h1-6,16H,14H2. The van der Waals surface area contributed by atoms with Crippen molar-refractivity contribution in [3.63, 3.8) is 0 Å². The zero-order chi connectivity index (χ0) is 14.0. The van der Waals surface area contributed by atoms with Crippen molar-refractivity contribution >= 4 is 33.0 Å². The number of rotatable bonds is 3. The second kappa shape index (κ2) is 5.02. The fourth-order valence-corrected chi connectivity index (χ4v) is 2.80. The summed E-state index contributed by atoms with van der Waals surface area (Å²) in [5.41, 5.74) is 5.75. The Labute approximate surface area is 114 Å². The number of hydrogen-bond acceptors (Lipinski definition) is 4. The molecule has 8 heteroatoms. The molecule has 0 amide bonds. The number of benzene rings is 1. The second-order valence-corrected chi connectivity index (χ2v) is 5.60. The van der Waals surface area contributed by atoms with Gasteiger partial charge in [0.1, 0.15) is 0 Å². The number of nitrogens with two attached hydrogens (primary N) is 1. The summed E-state index contributed by atoms with van der Waals surface area (Å²) < 4.78 is 39.6. The van der Waals surface area contributed by atoms with E-state index in [2.05, 4.69) is 9.71 Å². The second-order valence-electron chi connectivity index (χ2n) is 3.60. The molecule has 1 heterocycles. The Balaban J connectivity index is 2.46. The zero-order valence-corrected chi connectivity index (χ0v) is 11.0. The highest BCUT2D eigenvalue weighted by molar-refractivity contribution is 7.92. The lowest BCUT2D eigenvalue weighted by Crippen LogP contribution is -2.17. The molecule has 3 N–H and O–H groups in total. The first-order valence-electron chi connectivity index (χ1n) is 5.09. The predicted molar refractivity (Wildman–Crippen MR) is 70.9 cm³/mol. The summed E-state index contributed by atoms with van der Waals surface area (Å²) >= 11 is 5.84. The number of halogens is 2. The Morgan fingerprint density at radius 3 is 2.63 bits per heavy atom. The van der Waals surface area contributed by atoms with Crippen molar-refractivity contribution < 1.29 is 12.8 Å². The number of hydrogen-bond donors (Lipinski definition) is 2. The van der Waals surface area contributed by atoms with Crippen LogP contribution in [0, 0.1) is 5.82 Å². The van der Waals surface area contributed by atoms with Crippen LogP contribution in [-0.2, 0) is 10.0 Å².